The van der Waals surface area contributed by atoms with E-state index < -0.39 is 0 Å². The smallest absolute Gasteiger partial charge is 0.0620 e. The average Bonchev–Trinajstić information content (AvgIpc) is 0.724. The van der Waals surface area contributed by atoms with Gasteiger partial charge in [0.2, 0.25) is 0 Å². The third kappa shape index (κ3) is 12.0. The molecule has 0 spiro atoms. The van der Waals surface area contributed by atoms with Crippen molar-refractivity contribution in [2.24, 2.45) is 0 Å². The quantitative estimate of drug-likeness (QED) is 0.0645. The standard InChI is InChI=1S/C52H34.C50H36N2/c1-4-15-36(16-5-1)47-31-40-22-12-13-23-41(40)32-48(47)44-27-29-46-45-28-26-43(42-25-24-35-14-10-11-21-39(35)30-42)33-49(45)51(37-17-6-2-7-18-37)52(50(46)34-44)38-19-8-3-9-20-38;1-7-19-37(20-8-1)39-31-33-45-47(35-39)49(51(41-23-11-3-12-24-41)42-25-13-4-14-26-42)46-34-32-40(38-21-9-2-10-22-38)36-48(46)50(45)52(43-27-15-5-16-28-43)44-29-17-6-18-30-44/h1-34H;1-36H. The predicted octanol–water partition coefficient (Wildman–Crippen LogP) is 28.9. The molecule has 0 saturated heterocycles. The monoisotopic (exact) mass is 1320 g/mol. The first-order valence-electron chi connectivity index (χ1n) is 35.8. The minimum absolute atomic E-state index is 1.10. The average molecular weight is 1320 g/mol. The summed E-state index contributed by atoms with van der Waals surface area (Å²) in [6.45, 7) is 0. The topological polar surface area (TPSA) is 6.48 Å². The van der Waals surface area contributed by atoms with E-state index in [0.29, 0.717) is 0 Å². The van der Waals surface area contributed by atoms with Crippen LogP contribution in [0.3, 0.4) is 0 Å². The molecule has 19 aromatic carbocycles. The molecule has 0 aliphatic carbocycles. The maximum atomic E-state index is 2.44. The molecule has 0 atom stereocenters. The van der Waals surface area contributed by atoms with Crippen LogP contribution in [0.2, 0.25) is 0 Å². The summed E-state index contributed by atoms with van der Waals surface area (Å²) in [6, 6.07) is 154. The molecule has 488 valence electrons. The number of hydrogen-bond donors (Lipinski definition) is 0. The van der Waals surface area contributed by atoms with E-state index in [1.807, 2.05) is 0 Å². The Hall–Kier alpha value is -13.7. The molecule has 0 aliphatic rings. The van der Waals surface area contributed by atoms with E-state index in [-0.39, 0.29) is 0 Å². The van der Waals surface area contributed by atoms with Gasteiger partial charge >= 0.3 is 0 Å². The lowest BCUT2D eigenvalue weighted by Gasteiger charge is -2.33. The van der Waals surface area contributed by atoms with Gasteiger partial charge in [0.25, 0.3) is 0 Å². The molecule has 19 aromatic rings. The van der Waals surface area contributed by atoms with E-state index in [0.717, 1.165) is 44.9 Å². The number of benzene rings is 19. The molecular formula is C102H70N2. The van der Waals surface area contributed by atoms with Gasteiger partial charge in [-0.05, 0) is 212 Å². The minimum atomic E-state index is 1.10. The Balaban J connectivity index is 0.000000148. The van der Waals surface area contributed by atoms with Crippen molar-refractivity contribution in [2.75, 3.05) is 9.80 Å². The molecule has 0 N–H and O–H groups in total. The molecule has 0 heterocycles. The van der Waals surface area contributed by atoms with Crippen LogP contribution in [-0.4, -0.2) is 0 Å². The SMILES string of the molecule is c1ccc(-c2cc3ccccc3cc2-c2ccc3c(c2)c(-c2ccccc2)c(-c2ccccc2)c2cc(-c4ccc5ccccc5c4)ccc23)cc1.c1ccc(-c2ccc3c(N(c4ccccc4)c4ccccc4)c4cc(-c5ccccc5)ccc4c(N(c4ccccc4)c4ccccc4)c3c2)cc1. The van der Waals surface area contributed by atoms with Gasteiger partial charge in [0, 0.05) is 44.3 Å². The van der Waals surface area contributed by atoms with Gasteiger partial charge in [-0.25, -0.2) is 0 Å². The molecular weight excluding hydrogens is 1250 g/mol. The predicted molar refractivity (Wildman–Crippen MR) is 445 cm³/mol. The van der Waals surface area contributed by atoms with Crippen molar-refractivity contribution in [3.8, 4) is 77.9 Å². The van der Waals surface area contributed by atoms with Crippen molar-refractivity contribution >= 4 is 98.8 Å². The van der Waals surface area contributed by atoms with Gasteiger partial charge in [-0.3, -0.25) is 0 Å². The number of rotatable bonds is 13. The summed E-state index contributed by atoms with van der Waals surface area (Å²) < 4.78 is 0. The second-order valence-corrected chi connectivity index (χ2v) is 26.6. The lowest BCUT2D eigenvalue weighted by molar-refractivity contribution is 1.29. The summed E-state index contributed by atoms with van der Waals surface area (Å²) >= 11 is 0. The van der Waals surface area contributed by atoms with Crippen LogP contribution in [0.25, 0.3) is 143 Å². The fraction of sp³-hybridized carbons (Fsp3) is 0. The van der Waals surface area contributed by atoms with E-state index in [1.54, 1.807) is 0 Å². The molecule has 0 saturated carbocycles. The fourth-order valence-electron chi connectivity index (χ4n) is 15.5. The van der Waals surface area contributed by atoms with Gasteiger partial charge < -0.3 is 9.80 Å². The molecule has 0 aliphatic heterocycles. The Bertz CT molecular complexity index is 6030. The summed E-state index contributed by atoms with van der Waals surface area (Å²) in [5, 5.41) is 14.7. The van der Waals surface area contributed by atoms with Crippen LogP contribution in [-0.2, 0) is 0 Å². The van der Waals surface area contributed by atoms with Gasteiger partial charge in [-0.2, -0.15) is 0 Å². The Morgan fingerprint density at radius 1 is 0.135 bits per heavy atom. The zero-order chi connectivity index (χ0) is 69.1. The van der Waals surface area contributed by atoms with Crippen LogP contribution in [0.1, 0.15) is 0 Å². The lowest BCUT2D eigenvalue weighted by Crippen LogP contribution is -2.14. The van der Waals surface area contributed by atoms with Gasteiger partial charge in [0.05, 0.1) is 11.4 Å². The molecule has 0 bridgehead atoms. The maximum absolute atomic E-state index is 2.44. The highest BCUT2D eigenvalue weighted by molar-refractivity contribution is 6.25. The number of nitrogens with zero attached hydrogens (tertiary/aromatic N) is 2. The van der Waals surface area contributed by atoms with E-state index >= 15 is 0 Å². The molecule has 19 rings (SSSR count). The van der Waals surface area contributed by atoms with Gasteiger partial charge in [-0.15, -0.1) is 0 Å². The van der Waals surface area contributed by atoms with E-state index in [1.165, 1.54) is 132 Å². The van der Waals surface area contributed by atoms with Gasteiger partial charge in [-0.1, -0.05) is 334 Å². The second-order valence-electron chi connectivity index (χ2n) is 26.6. The van der Waals surface area contributed by atoms with Crippen molar-refractivity contribution < 1.29 is 0 Å². The molecule has 104 heavy (non-hydrogen) atoms. The number of fused-ring (bicyclic) bond motifs is 7. The van der Waals surface area contributed by atoms with Crippen LogP contribution in [0.5, 0.6) is 0 Å². The number of hydrogen-bond acceptors (Lipinski definition) is 2. The van der Waals surface area contributed by atoms with Crippen LogP contribution in [0.4, 0.5) is 34.1 Å². The first kappa shape index (κ1) is 62.6. The Labute approximate surface area is 607 Å². The van der Waals surface area contributed by atoms with Crippen LogP contribution in [0, 0.1) is 0 Å². The van der Waals surface area contributed by atoms with E-state index in [4.69, 9.17) is 0 Å². The normalized spacial score (nSPS) is 11.3. The molecule has 0 fully saturated rings. The Kier molecular flexibility index (Phi) is 16.7. The first-order valence-corrected chi connectivity index (χ1v) is 35.8. The minimum Gasteiger partial charge on any atom is -0.309 e. The van der Waals surface area contributed by atoms with Crippen molar-refractivity contribution in [1.82, 2.24) is 0 Å². The second kappa shape index (κ2) is 27.8. The molecule has 0 radical (unpaired) electrons. The Morgan fingerprint density at radius 2 is 0.394 bits per heavy atom. The summed E-state index contributed by atoms with van der Waals surface area (Å²) in [7, 11) is 0. The van der Waals surface area contributed by atoms with Crippen molar-refractivity contribution in [3.05, 3.63) is 425 Å². The molecule has 2 heteroatoms. The summed E-state index contributed by atoms with van der Waals surface area (Å²) in [5.41, 5.74) is 23.7. The lowest BCUT2D eigenvalue weighted by atomic mass is 9.82. The summed E-state index contributed by atoms with van der Waals surface area (Å²) in [4.78, 5) is 4.86. The third-order valence-electron chi connectivity index (χ3n) is 20.4. The molecule has 0 unspecified atom stereocenters. The molecule has 2 nitrogen and oxygen atoms in total. The van der Waals surface area contributed by atoms with Crippen LogP contribution >= 0.6 is 0 Å². The van der Waals surface area contributed by atoms with E-state index in [2.05, 4.69) is 434 Å². The Morgan fingerprint density at radius 3 is 0.788 bits per heavy atom. The first-order chi connectivity index (χ1) is 51.6. The summed E-state index contributed by atoms with van der Waals surface area (Å²) in [5.74, 6) is 0. The van der Waals surface area contributed by atoms with Crippen LogP contribution < -0.4 is 9.80 Å². The third-order valence-corrected chi connectivity index (χ3v) is 20.4. The van der Waals surface area contributed by atoms with E-state index in [9.17, 15) is 0 Å². The summed E-state index contributed by atoms with van der Waals surface area (Å²) in [6.07, 6.45) is 0. The zero-order valence-electron chi connectivity index (χ0n) is 57.3. The maximum Gasteiger partial charge on any atom is 0.0620 e. The molecule has 0 amide bonds. The zero-order valence-corrected chi connectivity index (χ0v) is 57.3. The van der Waals surface area contributed by atoms with Crippen molar-refractivity contribution in [2.45, 2.75) is 0 Å². The fourth-order valence-corrected chi connectivity index (χ4v) is 15.5. The highest BCUT2D eigenvalue weighted by Crippen LogP contribution is 2.53. The van der Waals surface area contributed by atoms with Crippen LogP contribution in [0.15, 0.2) is 425 Å². The largest absolute Gasteiger partial charge is 0.309 e. The molecule has 0 aromatic heterocycles. The van der Waals surface area contributed by atoms with Crippen molar-refractivity contribution in [3.63, 3.8) is 0 Å². The highest BCUT2D eigenvalue weighted by Gasteiger charge is 2.27. The van der Waals surface area contributed by atoms with Gasteiger partial charge in [0.15, 0.2) is 0 Å². The highest BCUT2D eigenvalue weighted by atomic mass is 15.2. The number of anilines is 6. The number of para-hydroxylation sites is 4. The van der Waals surface area contributed by atoms with Gasteiger partial charge in [0.1, 0.15) is 0 Å². The van der Waals surface area contributed by atoms with Crippen molar-refractivity contribution in [1.29, 1.82) is 0 Å².